The minimum atomic E-state index is 0.369. The molecular weight excluding hydrogens is 833 g/mol. The van der Waals surface area contributed by atoms with Gasteiger partial charge in [0.15, 0.2) is 0 Å². The predicted octanol–water partition coefficient (Wildman–Crippen LogP) is 7.11. The van der Waals surface area contributed by atoms with Crippen LogP contribution in [0.2, 0.25) is 0 Å². The highest BCUT2D eigenvalue weighted by atomic mass is 16.5. The van der Waals surface area contributed by atoms with Crippen LogP contribution in [0.4, 0.5) is 17.1 Å². The van der Waals surface area contributed by atoms with Gasteiger partial charge in [0, 0.05) is 137 Å². The average Bonchev–Trinajstić information content (AvgIpc) is 4.13. The van der Waals surface area contributed by atoms with Crippen molar-refractivity contribution in [3.63, 3.8) is 0 Å². The molecule has 3 saturated heterocycles. The number of nitrogens with two attached hydrogens (primary N) is 3. The number of quaternary nitrogens is 3. The molecule has 13 heteroatoms. The summed E-state index contributed by atoms with van der Waals surface area (Å²) in [6.07, 6.45) is 15.8. The van der Waals surface area contributed by atoms with Crippen LogP contribution < -0.4 is 17.2 Å². The normalized spacial score (nSPS) is 20.1. The molecule has 3 unspecified atom stereocenters. The molecule has 0 radical (unpaired) electrons. The van der Waals surface area contributed by atoms with Crippen LogP contribution in [-0.4, -0.2) is 183 Å². The van der Waals surface area contributed by atoms with Crippen molar-refractivity contribution in [3.8, 4) is 0 Å². The second-order valence-corrected chi connectivity index (χ2v) is 22.4. The lowest BCUT2D eigenvalue weighted by atomic mass is 10.2. The van der Waals surface area contributed by atoms with Gasteiger partial charge in [-0.25, -0.2) is 0 Å². The number of hydrogen-bond donors (Lipinski definition) is 3. The summed E-state index contributed by atoms with van der Waals surface area (Å²) in [5, 5.41) is 3.50. The third-order valence-corrected chi connectivity index (χ3v) is 14.5. The quantitative estimate of drug-likeness (QED) is 0.0744. The number of aromatic nitrogens is 3. The lowest BCUT2D eigenvalue weighted by Gasteiger charge is -2.37. The topological polar surface area (TPSA) is 112 Å². The van der Waals surface area contributed by atoms with Crippen molar-refractivity contribution in [2.75, 3.05) is 140 Å². The number of nitrogen functional groups attached to an aromatic ring is 3. The van der Waals surface area contributed by atoms with E-state index in [0.29, 0.717) is 18.4 Å². The van der Waals surface area contributed by atoms with Crippen LogP contribution in [0.3, 0.4) is 0 Å². The number of hydrogen-bond acceptors (Lipinski definition) is 7. The number of rotatable bonds is 15. The van der Waals surface area contributed by atoms with E-state index in [1.165, 1.54) is 79.1 Å². The van der Waals surface area contributed by atoms with E-state index >= 15 is 0 Å². The molecule has 6 N–H and O–H groups in total. The Kier molecular flexibility index (Phi) is 16.3. The van der Waals surface area contributed by atoms with E-state index in [1.54, 1.807) is 0 Å². The Balaban J connectivity index is 0.000000149. The van der Waals surface area contributed by atoms with E-state index in [1.807, 2.05) is 36.4 Å². The number of benzene rings is 3. The van der Waals surface area contributed by atoms with E-state index in [-0.39, 0.29) is 0 Å². The van der Waals surface area contributed by atoms with E-state index in [0.717, 1.165) is 101 Å². The Bertz CT molecular complexity index is 2480. The number of fused-ring (bicyclic) bond motifs is 3. The molecule has 3 aromatic heterocycles. The zero-order valence-corrected chi connectivity index (χ0v) is 42.8. The molecule has 366 valence electrons. The highest BCUT2D eigenvalue weighted by molar-refractivity contribution is 5.92. The fourth-order valence-electron chi connectivity index (χ4n) is 10.8. The van der Waals surface area contributed by atoms with Gasteiger partial charge in [0.2, 0.25) is 0 Å². The first-order valence-corrected chi connectivity index (χ1v) is 25.1. The Morgan fingerprint density at radius 1 is 0.522 bits per heavy atom. The lowest BCUT2D eigenvalue weighted by Crippen LogP contribution is -2.52. The molecule has 0 amide bonds. The molecule has 0 aliphatic carbocycles. The van der Waals surface area contributed by atoms with Gasteiger partial charge < -0.3 is 49.1 Å². The van der Waals surface area contributed by atoms with Crippen LogP contribution in [-0.2, 0) is 24.4 Å². The molecule has 3 fully saturated rings. The van der Waals surface area contributed by atoms with Gasteiger partial charge in [-0.15, -0.1) is 0 Å². The minimum Gasteiger partial charge on any atom is -0.398 e. The number of anilines is 3. The minimum absolute atomic E-state index is 0.369. The molecule has 3 atom stereocenters. The van der Waals surface area contributed by atoms with Crippen molar-refractivity contribution in [2.45, 2.75) is 76.6 Å². The van der Waals surface area contributed by atoms with Crippen molar-refractivity contribution in [2.24, 2.45) is 0 Å². The molecule has 3 aromatic carbocycles. The second kappa shape index (κ2) is 21.8. The summed E-state index contributed by atoms with van der Waals surface area (Å²) in [6.45, 7) is 13.0. The fourth-order valence-corrected chi connectivity index (χ4v) is 10.8. The molecule has 6 heterocycles. The van der Waals surface area contributed by atoms with Crippen molar-refractivity contribution in [1.29, 1.82) is 0 Å². The van der Waals surface area contributed by atoms with Gasteiger partial charge in [-0.1, -0.05) is 18.2 Å². The maximum absolute atomic E-state index is 6.05. The number of likely N-dealkylation sites (tertiary alicyclic amines) is 2. The van der Waals surface area contributed by atoms with E-state index in [4.69, 9.17) is 21.9 Å². The Morgan fingerprint density at radius 2 is 0.970 bits per heavy atom. The number of ether oxygens (including phenoxy) is 1. The van der Waals surface area contributed by atoms with Crippen molar-refractivity contribution in [1.82, 2.24) is 28.4 Å². The fraction of sp³-hybridized carbons (Fsp3) is 0.556. The van der Waals surface area contributed by atoms with Crippen LogP contribution in [0.1, 0.15) is 38.5 Å². The van der Waals surface area contributed by atoms with Crippen molar-refractivity contribution in [3.05, 3.63) is 91.4 Å². The van der Waals surface area contributed by atoms with Gasteiger partial charge in [0.05, 0.1) is 99.2 Å². The van der Waals surface area contributed by atoms with Crippen molar-refractivity contribution >= 4 is 49.8 Å². The SMILES string of the molecule is C[N+](C)(C)C1CCCN1CCCn1ccc2c(N)cccc21.C[N+](C)(C)C1CCCN1CCn1ccc2c(N)cccc21.C[N+](C)(C)CCC1CN(CCn2ccc3c(N)cccc32)CCO1. The van der Waals surface area contributed by atoms with Crippen LogP contribution in [0.5, 0.6) is 0 Å². The molecule has 3 aliphatic rings. The van der Waals surface area contributed by atoms with Gasteiger partial charge in [-0.2, -0.15) is 0 Å². The molecule has 0 bridgehead atoms. The summed E-state index contributed by atoms with van der Waals surface area (Å²) in [7, 11) is 20.6. The first-order valence-electron chi connectivity index (χ1n) is 25.1. The summed E-state index contributed by atoms with van der Waals surface area (Å²) >= 11 is 0. The number of morpholine rings is 1. The molecule has 3 aliphatic heterocycles. The summed E-state index contributed by atoms with van der Waals surface area (Å²) in [5.41, 5.74) is 24.5. The van der Waals surface area contributed by atoms with Gasteiger partial charge >= 0.3 is 0 Å². The third kappa shape index (κ3) is 13.1. The zero-order chi connectivity index (χ0) is 47.9. The molecule has 9 rings (SSSR count). The molecular formula is C54H87N12O+3. The lowest BCUT2D eigenvalue weighted by molar-refractivity contribution is -0.906. The van der Waals surface area contributed by atoms with Crippen LogP contribution in [0.15, 0.2) is 91.4 Å². The molecule has 6 aromatic rings. The monoisotopic (exact) mass is 920 g/mol. The summed E-state index contributed by atoms with van der Waals surface area (Å²) in [5.74, 6) is 0. The Hall–Kier alpha value is -4.60. The maximum atomic E-state index is 6.05. The first-order chi connectivity index (χ1) is 31.9. The number of nitrogens with zero attached hydrogens (tertiary/aromatic N) is 9. The molecule has 0 saturated carbocycles. The zero-order valence-electron chi connectivity index (χ0n) is 42.8. The van der Waals surface area contributed by atoms with Gasteiger partial charge in [-0.05, 0) is 73.9 Å². The standard InChI is InChI=1S/C19H31N4O.C18H29N4.C17H27N4/c1-23(2,3)13-8-16-15-21(12-14-24-16)10-11-22-9-7-17-18(20)5-4-6-19(17)22;1-22(2,3)18-9-5-11-21(18)13-6-12-20-14-10-15-16(19)7-4-8-17(15)20;1-21(2,3)17-8-5-10-20(17)13-12-19-11-9-14-15(18)6-4-7-16(14)19/h4-7,9,16H,8,10-15,20H2,1-3H3;4,7-8,10,14,18H,5-6,9,11-13,19H2,1-3H3;4,6-7,9,11,17H,5,8,10,12-13,18H2,1-3H3/q3*+1. The average molecular weight is 920 g/mol. The molecule has 13 nitrogen and oxygen atoms in total. The molecule has 0 spiro atoms. The van der Waals surface area contributed by atoms with Crippen molar-refractivity contribution < 1.29 is 18.2 Å². The predicted molar refractivity (Wildman–Crippen MR) is 283 cm³/mol. The smallest absolute Gasteiger partial charge is 0.144 e. The second-order valence-electron chi connectivity index (χ2n) is 22.4. The van der Waals surface area contributed by atoms with E-state index in [9.17, 15) is 0 Å². The number of aryl methyl sites for hydroxylation is 1. The Morgan fingerprint density at radius 3 is 1.43 bits per heavy atom. The van der Waals surface area contributed by atoms with Gasteiger partial charge in [0.25, 0.3) is 0 Å². The van der Waals surface area contributed by atoms with Crippen LogP contribution in [0, 0.1) is 0 Å². The summed E-state index contributed by atoms with van der Waals surface area (Å²) in [6, 6.07) is 24.9. The molecule has 67 heavy (non-hydrogen) atoms. The first kappa shape index (κ1) is 50.3. The summed E-state index contributed by atoms with van der Waals surface area (Å²) in [4.78, 5) is 7.83. The van der Waals surface area contributed by atoms with E-state index < -0.39 is 0 Å². The van der Waals surface area contributed by atoms with Crippen LogP contribution >= 0.6 is 0 Å². The highest BCUT2D eigenvalue weighted by Crippen LogP contribution is 2.27. The van der Waals surface area contributed by atoms with Crippen LogP contribution in [0.25, 0.3) is 32.7 Å². The van der Waals surface area contributed by atoms with Gasteiger partial charge in [-0.3, -0.25) is 14.7 Å². The maximum Gasteiger partial charge on any atom is 0.144 e. The Labute approximate surface area is 402 Å². The third-order valence-electron chi connectivity index (χ3n) is 14.5. The highest BCUT2D eigenvalue weighted by Gasteiger charge is 2.35. The van der Waals surface area contributed by atoms with E-state index in [2.05, 4.69) is 147 Å². The van der Waals surface area contributed by atoms with Gasteiger partial charge in [0.1, 0.15) is 12.3 Å². The largest absolute Gasteiger partial charge is 0.398 e. The summed E-state index contributed by atoms with van der Waals surface area (Å²) < 4.78 is 16.0.